The Labute approximate surface area is 129 Å². The number of alkyl halides is 1. The molecule has 0 spiro atoms. The highest BCUT2D eigenvalue weighted by Gasteiger charge is 2.13. The molecule has 0 N–H and O–H groups in total. The molecule has 6 heteroatoms. The number of benzene rings is 2. The van der Waals surface area contributed by atoms with Gasteiger partial charge in [0, 0.05) is 12.6 Å². The molecule has 0 bridgehead atoms. The number of aromatic nitrogens is 2. The number of nitrogens with zero attached hydrogens (tertiary/aromatic N) is 2. The number of imidazole rings is 1. The minimum absolute atomic E-state index is 0.0232. The maximum atomic E-state index is 13.7. The van der Waals surface area contributed by atoms with E-state index in [0.29, 0.717) is 23.4 Å². The Hall–Kier alpha value is -1.65. The van der Waals surface area contributed by atoms with Crippen LogP contribution in [0.2, 0.25) is 5.02 Å². The molecule has 1 heterocycles. The molecule has 0 amide bonds. The number of hydrogen-bond donors (Lipinski definition) is 0. The molecule has 0 aliphatic rings. The molecular formula is C15H10Cl2F2N2. The summed E-state index contributed by atoms with van der Waals surface area (Å²) in [7, 11) is 0. The van der Waals surface area contributed by atoms with Gasteiger partial charge in [-0.05, 0) is 23.8 Å². The van der Waals surface area contributed by atoms with Crippen LogP contribution in [0.15, 0.2) is 36.4 Å². The van der Waals surface area contributed by atoms with E-state index in [0.717, 1.165) is 5.56 Å². The Kier molecular flexibility index (Phi) is 3.83. The minimum Gasteiger partial charge on any atom is -0.322 e. The summed E-state index contributed by atoms with van der Waals surface area (Å²) in [6, 6.07) is 8.92. The van der Waals surface area contributed by atoms with Crippen molar-refractivity contribution in [2.24, 2.45) is 0 Å². The van der Waals surface area contributed by atoms with Gasteiger partial charge in [-0.3, -0.25) is 0 Å². The largest absolute Gasteiger partial charge is 0.322 e. The molecule has 3 rings (SSSR count). The Balaban J connectivity index is 2.11. The quantitative estimate of drug-likeness (QED) is 0.635. The van der Waals surface area contributed by atoms with E-state index in [1.54, 1.807) is 16.7 Å². The summed E-state index contributed by atoms with van der Waals surface area (Å²) in [6.07, 6.45) is 0. The van der Waals surface area contributed by atoms with Crippen molar-refractivity contribution in [3.63, 3.8) is 0 Å². The van der Waals surface area contributed by atoms with Crippen molar-refractivity contribution in [1.82, 2.24) is 9.55 Å². The van der Waals surface area contributed by atoms with Crippen LogP contribution in [0.25, 0.3) is 11.0 Å². The first kappa shape index (κ1) is 14.3. The number of hydrogen-bond acceptors (Lipinski definition) is 1. The Morgan fingerprint density at radius 3 is 2.48 bits per heavy atom. The standard InChI is InChI=1S/C15H10Cl2F2N2/c16-7-15-20-13-5-11(17)12(19)6-14(13)21(15)8-9-1-3-10(18)4-2-9/h1-6H,7-8H2. The maximum absolute atomic E-state index is 13.7. The lowest BCUT2D eigenvalue weighted by Gasteiger charge is -2.08. The molecule has 0 aliphatic heterocycles. The second-order valence-corrected chi connectivity index (χ2v) is 5.30. The second kappa shape index (κ2) is 5.62. The number of fused-ring (bicyclic) bond motifs is 1. The number of rotatable bonds is 3. The minimum atomic E-state index is -0.509. The van der Waals surface area contributed by atoms with Gasteiger partial charge < -0.3 is 4.57 Å². The van der Waals surface area contributed by atoms with Gasteiger partial charge in [-0.25, -0.2) is 13.8 Å². The number of halogens is 4. The molecule has 0 unspecified atom stereocenters. The van der Waals surface area contributed by atoms with Gasteiger partial charge in [0.25, 0.3) is 0 Å². The summed E-state index contributed by atoms with van der Waals surface area (Å²) in [4.78, 5) is 4.35. The molecule has 2 aromatic carbocycles. The van der Waals surface area contributed by atoms with Crippen LogP contribution in [0.3, 0.4) is 0 Å². The van der Waals surface area contributed by atoms with Crippen molar-refractivity contribution in [3.8, 4) is 0 Å². The summed E-state index contributed by atoms with van der Waals surface area (Å²) < 4.78 is 28.4. The van der Waals surface area contributed by atoms with E-state index in [1.165, 1.54) is 24.3 Å². The van der Waals surface area contributed by atoms with Gasteiger partial charge in [0.05, 0.1) is 21.9 Å². The highest BCUT2D eigenvalue weighted by Crippen LogP contribution is 2.25. The maximum Gasteiger partial charge on any atom is 0.144 e. The van der Waals surface area contributed by atoms with Crippen LogP contribution >= 0.6 is 23.2 Å². The van der Waals surface area contributed by atoms with Gasteiger partial charge >= 0.3 is 0 Å². The molecule has 1 aromatic heterocycles. The van der Waals surface area contributed by atoms with Crippen molar-refractivity contribution < 1.29 is 8.78 Å². The van der Waals surface area contributed by atoms with Gasteiger partial charge in [0.2, 0.25) is 0 Å². The molecule has 108 valence electrons. The van der Waals surface area contributed by atoms with Crippen LogP contribution in [0.4, 0.5) is 8.78 Å². The zero-order valence-electron chi connectivity index (χ0n) is 10.8. The van der Waals surface area contributed by atoms with Gasteiger partial charge in [0.1, 0.15) is 17.5 Å². The van der Waals surface area contributed by atoms with Gasteiger partial charge in [-0.2, -0.15) is 0 Å². The molecule has 0 radical (unpaired) electrons. The van der Waals surface area contributed by atoms with Crippen LogP contribution in [0.1, 0.15) is 11.4 Å². The zero-order chi connectivity index (χ0) is 15.0. The van der Waals surface area contributed by atoms with Gasteiger partial charge in [0.15, 0.2) is 0 Å². The normalized spacial score (nSPS) is 11.2. The summed E-state index contributed by atoms with van der Waals surface area (Å²) in [5, 5.41) is 0.0232. The smallest absolute Gasteiger partial charge is 0.144 e. The van der Waals surface area contributed by atoms with E-state index in [-0.39, 0.29) is 16.7 Å². The molecule has 21 heavy (non-hydrogen) atoms. The average molecular weight is 327 g/mol. The molecule has 3 aromatic rings. The summed E-state index contributed by atoms with van der Waals surface area (Å²) in [6.45, 7) is 0.430. The van der Waals surface area contributed by atoms with Crippen molar-refractivity contribution in [3.05, 3.63) is 64.4 Å². The van der Waals surface area contributed by atoms with Gasteiger partial charge in [-0.1, -0.05) is 23.7 Å². The fraction of sp³-hybridized carbons (Fsp3) is 0.133. The monoisotopic (exact) mass is 326 g/mol. The lowest BCUT2D eigenvalue weighted by atomic mass is 10.2. The molecule has 0 atom stereocenters. The topological polar surface area (TPSA) is 17.8 Å². The predicted octanol–water partition coefficient (Wildman–Crippen LogP) is 4.76. The second-order valence-electron chi connectivity index (χ2n) is 4.63. The molecule has 0 saturated heterocycles. The fourth-order valence-corrected chi connectivity index (χ4v) is 2.58. The lowest BCUT2D eigenvalue weighted by Crippen LogP contribution is -2.04. The van der Waals surface area contributed by atoms with Crippen LogP contribution in [0, 0.1) is 11.6 Å². The van der Waals surface area contributed by atoms with E-state index in [1.807, 2.05) is 0 Å². The first-order valence-corrected chi connectivity index (χ1v) is 7.14. The van der Waals surface area contributed by atoms with Crippen LogP contribution in [-0.2, 0) is 12.4 Å². The van der Waals surface area contributed by atoms with E-state index in [9.17, 15) is 8.78 Å². The third-order valence-electron chi connectivity index (χ3n) is 3.24. The Morgan fingerprint density at radius 1 is 1.10 bits per heavy atom. The van der Waals surface area contributed by atoms with E-state index >= 15 is 0 Å². The summed E-state index contributed by atoms with van der Waals surface area (Å²) in [5.74, 6) is -0.0115. The molecule has 0 saturated carbocycles. The predicted molar refractivity (Wildman–Crippen MR) is 79.8 cm³/mol. The molecule has 2 nitrogen and oxygen atoms in total. The summed E-state index contributed by atoms with van der Waals surface area (Å²) >= 11 is 11.7. The van der Waals surface area contributed by atoms with E-state index in [2.05, 4.69) is 4.98 Å². The third kappa shape index (κ3) is 2.74. The van der Waals surface area contributed by atoms with Crippen LogP contribution < -0.4 is 0 Å². The average Bonchev–Trinajstić information content (AvgIpc) is 2.79. The van der Waals surface area contributed by atoms with Crippen molar-refractivity contribution >= 4 is 34.2 Å². The zero-order valence-corrected chi connectivity index (χ0v) is 12.3. The van der Waals surface area contributed by atoms with E-state index in [4.69, 9.17) is 23.2 Å². The molecule has 0 aliphatic carbocycles. The van der Waals surface area contributed by atoms with Crippen molar-refractivity contribution in [2.45, 2.75) is 12.4 Å². The highest BCUT2D eigenvalue weighted by atomic mass is 35.5. The first-order valence-electron chi connectivity index (χ1n) is 6.23. The van der Waals surface area contributed by atoms with E-state index < -0.39 is 5.82 Å². The van der Waals surface area contributed by atoms with Crippen molar-refractivity contribution in [1.29, 1.82) is 0 Å². The van der Waals surface area contributed by atoms with Crippen LogP contribution in [-0.4, -0.2) is 9.55 Å². The first-order chi connectivity index (χ1) is 10.1. The van der Waals surface area contributed by atoms with Gasteiger partial charge in [-0.15, -0.1) is 11.6 Å². The Morgan fingerprint density at radius 2 is 1.81 bits per heavy atom. The Bertz CT molecular complexity index is 798. The highest BCUT2D eigenvalue weighted by molar-refractivity contribution is 6.31. The SMILES string of the molecule is Fc1ccc(Cn2c(CCl)nc3cc(Cl)c(F)cc32)cc1. The van der Waals surface area contributed by atoms with Crippen molar-refractivity contribution in [2.75, 3.05) is 0 Å². The fourth-order valence-electron chi connectivity index (χ4n) is 2.22. The lowest BCUT2D eigenvalue weighted by molar-refractivity contribution is 0.626. The third-order valence-corrected chi connectivity index (χ3v) is 3.77. The molecule has 0 fully saturated rings. The van der Waals surface area contributed by atoms with Crippen LogP contribution in [0.5, 0.6) is 0 Å². The summed E-state index contributed by atoms with van der Waals surface area (Å²) in [5.41, 5.74) is 2.06. The molecular weight excluding hydrogens is 317 g/mol.